The first-order valence-electron chi connectivity index (χ1n) is 10.3. The number of carbonyl (C=O) groups is 2. The first-order chi connectivity index (χ1) is 14.5. The summed E-state index contributed by atoms with van der Waals surface area (Å²) in [6.07, 6.45) is 2.18. The zero-order chi connectivity index (χ0) is 21.3. The molecule has 0 spiro atoms. The minimum Gasteiger partial charge on any atom is -0.356 e. The number of nitrogens with one attached hydrogen (secondary N) is 2. The highest BCUT2D eigenvalue weighted by Gasteiger charge is 2.25. The predicted octanol–water partition coefficient (Wildman–Crippen LogP) is 3.36. The molecule has 1 aliphatic heterocycles. The van der Waals surface area contributed by atoms with Crippen molar-refractivity contribution in [3.05, 3.63) is 65.7 Å². The summed E-state index contributed by atoms with van der Waals surface area (Å²) in [7, 11) is 0. The molecule has 0 aromatic heterocycles. The number of halogens is 2. The first kappa shape index (κ1) is 21.9. The molecule has 0 unspecified atom stereocenters. The Hall–Kier alpha value is -2.80. The van der Waals surface area contributed by atoms with E-state index in [2.05, 4.69) is 15.5 Å². The van der Waals surface area contributed by atoms with Crippen molar-refractivity contribution in [2.24, 2.45) is 5.92 Å². The standard InChI is InChI=1S/C23H27F2N3O2/c24-19-6-2-1-5-17(19)9-13-26-23(30)18-10-14-28(15-11-18)16-12-22(29)27-21-8-4-3-7-20(21)25/h1-8,18H,9-16H2,(H,26,30)(H,27,29). The van der Waals surface area contributed by atoms with Crippen molar-refractivity contribution < 1.29 is 18.4 Å². The van der Waals surface area contributed by atoms with Crippen LogP contribution in [-0.4, -0.2) is 42.9 Å². The van der Waals surface area contributed by atoms with Gasteiger partial charge in [-0.1, -0.05) is 30.3 Å². The molecule has 2 aromatic rings. The van der Waals surface area contributed by atoms with E-state index in [1.165, 1.54) is 18.2 Å². The van der Waals surface area contributed by atoms with E-state index < -0.39 is 5.82 Å². The van der Waals surface area contributed by atoms with Crippen LogP contribution in [0.5, 0.6) is 0 Å². The Morgan fingerprint density at radius 3 is 2.33 bits per heavy atom. The number of likely N-dealkylation sites (tertiary alicyclic amines) is 1. The van der Waals surface area contributed by atoms with Gasteiger partial charge in [0.05, 0.1) is 5.69 Å². The van der Waals surface area contributed by atoms with Crippen molar-refractivity contribution in [2.45, 2.75) is 25.7 Å². The average molecular weight is 415 g/mol. The zero-order valence-electron chi connectivity index (χ0n) is 16.9. The molecular formula is C23H27F2N3O2. The predicted molar refractivity (Wildman–Crippen MR) is 112 cm³/mol. The number of piperidine rings is 1. The van der Waals surface area contributed by atoms with Gasteiger partial charge in [0.1, 0.15) is 11.6 Å². The van der Waals surface area contributed by atoms with E-state index in [1.807, 2.05) is 0 Å². The summed E-state index contributed by atoms with van der Waals surface area (Å²) in [6.45, 7) is 2.45. The molecule has 1 saturated heterocycles. The smallest absolute Gasteiger partial charge is 0.225 e. The van der Waals surface area contributed by atoms with E-state index in [0.717, 1.165) is 25.9 Å². The van der Waals surface area contributed by atoms with Crippen molar-refractivity contribution in [1.29, 1.82) is 0 Å². The van der Waals surface area contributed by atoms with Crippen LogP contribution < -0.4 is 10.6 Å². The van der Waals surface area contributed by atoms with E-state index in [0.29, 0.717) is 25.1 Å². The van der Waals surface area contributed by atoms with E-state index in [9.17, 15) is 18.4 Å². The van der Waals surface area contributed by atoms with Crippen molar-refractivity contribution >= 4 is 17.5 Å². The molecule has 3 rings (SSSR count). The molecule has 0 radical (unpaired) electrons. The van der Waals surface area contributed by atoms with E-state index in [4.69, 9.17) is 0 Å². The van der Waals surface area contributed by atoms with Crippen molar-refractivity contribution in [3.63, 3.8) is 0 Å². The molecule has 0 bridgehead atoms. The number of nitrogens with zero attached hydrogens (tertiary/aromatic N) is 1. The van der Waals surface area contributed by atoms with Crippen molar-refractivity contribution in [1.82, 2.24) is 10.2 Å². The van der Waals surface area contributed by atoms with Crippen LogP contribution >= 0.6 is 0 Å². The topological polar surface area (TPSA) is 61.4 Å². The summed E-state index contributed by atoms with van der Waals surface area (Å²) < 4.78 is 27.2. The molecule has 0 saturated carbocycles. The fourth-order valence-electron chi connectivity index (χ4n) is 3.62. The third-order valence-corrected chi connectivity index (χ3v) is 5.41. The average Bonchev–Trinajstić information content (AvgIpc) is 2.75. The highest BCUT2D eigenvalue weighted by Crippen LogP contribution is 2.18. The highest BCUT2D eigenvalue weighted by molar-refractivity contribution is 5.90. The van der Waals surface area contributed by atoms with Crippen molar-refractivity contribution in [3.8, 4) is 0 Å². The van der Waals surface area contributed by atoms with Gasteiger partial charge in [-0.15, -0.1) is 0 Å². The van der Waals surface area contributed by atoms with Crippen LogP contribution in [0.1, 0.15) is 24.8 Å². The fourth-order valence-corrected chi connectivity index (χ4v) is 3.62. The maximum absolute atomic E-state index is 13.6. The van der Waals surface area contributed by atoms with E-state index in [-0.39, 0.29) is 35.7 Å². The Labute approximate surface area is 175 Å². The van der Waals surface area contributed by atoms with Crippen LogP contribution in [-0.2, 0) is 16.0 Å². The third kappa shape index (κ3) is 6.35. The Bertz CT molecular complexity index is 867. The zero-order valence-corrected chi connectivity index (χ0v) is 16.9. The van der Waals surface area contributed by atoms with Crippen LogP contribution in [0.4, 0.5) is 14.5 Å². The number of carbonyl (C=O) groups excluding carboxylic acids is 2. The van der Waals surface area contributed by atoms with Crippen LogP contribution in [0.15, 0.2) is 48.5 Å². The van der Waals surface area contributed by atoms with Gasteiger partial charge in [-0.05, 0) is 56.1 Å². The second-order valence-electron chi connectivity index (χ2n) is 7.53. The van der Waals surface area contributed by atoms with Gasteiger partial charge in [0.2, 0.25) is 11.8 Å². The van der Waals surface area contributed by atoms with Gasteiger partial charge in [0.15, 0.2) is 0 Å². The van der Waals surface area contributed by atoms with E-state index >= 15 is 0 Å². The second-order valence-corrected chi connectivity index (χ2v) is 7.53. The molecule has 1 aliphatic rings. The fraction of sp³-hybridized carbons (Fsp3) is 0.391. The van der Waals surface area contributed by atoms with Gasteiger partial charge in [-0.2, -0.15) is 0 Å². The lowest BCUT2D eigenvalue weighted by Gasteiger charge is -2.31. The molecule has 1 heterocycles. The molecule has 5 nitrogen and oxygen atoms in total. The molecule has 160 valence electrons. The lowest BCUT2D eigenvalue weighted by Crippen LogP contribution is -2.41. The number of hydrogen-bond acceptors (Lipinski definition) is 3. The number of hydrogen-bond donors (Lipinski definition) is 2. The van der Waals surface area contributed by atoms with Crippen LogP contribution in [0.2, 0.25) is 0 Å². The molecule has 7 heteroatoms. The van der Waals surface area contributed by atoms with Gasteiger partial charge in [0.25, 0.3) is 0 Å². The van der Waals surface area contributed by atoms with Gasteiger partial charge in [-0.3, -0.25) is 9.59 Å². The molecule has 1 fully saturated rings. The number of benzene rings is 2. The SMILES string of the molecule is O=C(CCN1CCC(C(=O)NCCc2ccccc2F)CC1)Nc1ccccc1F. The minimum atomic E-state index is -0.451. The van der Waals surface area contributed by atoms with E-state index in [1.54, 1.807) is 30.3 Å². The molecular weight excluding hydrogens is 388 g/mol. The van der Waals surface area contributed by atoms with Gasteiger partial charge >= 0.3 is 0 Å². The monoisotopic (exact) mass is 415 g/mol. The highest BCUT2D eigenvalue weighted by atomic mass is 19.1. The third-order valence-electron chi connectivity index (χ3n) is 5.41. The molecule has 0 atom stereocenters. The Morgan fingerprint density at radius 1 is 0.967 bits per heavy atom. The van der Waals surface area contributed by atoms with Crippen molar-refractivity contribution in [2.75, 3.05) is 31.5 Å². The first-order valence-corrected chi connectivity index (χ1v) is 10.3. The summed E-state index contributed by atoms with van der Waals surface area (Å²) in [4.78, 5) is 26.5. The quantitative estimate of drug-likeness (QED) is 0.695. The number of amides is 2. The lowest BCUT2D eigenvalue weighted by molar-refractivity contribution is -0.126. The molecule has 2 amide bonds. The number of rotatable bonds is 8. The summed E-state index contributed by atoms with van der Waals surface area (Å²) in [5.74, 6) is -0.989. The summed E-state index contributed by atoms with van der Waals surface area (Å²) in [6, 6.07) is 12.7. The Balaban J connectivity index is 1.33. The largest absolute Gasteiger partial charge is 0.356 e. The molecule has 0 aliphatic carbocycles. The normalized spacial score (nSPS) is 15.0. The number of anilines is 1. The summed E-state index contributed by atoms with van der Waals surface area (Å²) in [5.41, 5.74) is 0.787. The molecule has 2 aromatic carbocycles. The summed E-state index contributed by atoms with van der Waals surface area (Å²) >= 11 is 0. The summed E-state index contributed by atoms with van der Waals surface area (Å²) in [5, 5.41) is 5.49. The molecule has 2 N–H and O–H groups in total. The van der Waals surface area contributed by atoms with Crippen LogP contribution in [0, 0.1) is 17.6 Å². The number of para-hydroxylation sites is 1. The maximum Gasteiger partial charge on any atom is 0.225 e. The van der Waals surface area contributed by atoms with Gasteiger partial charge < -0.3 is 15.5 Å². The Kier molecular flexibility index (Phi) is 7.90. The minimum absolute atomic E-state index is 0.00304. The second kappa shape index (κ2) is 10.8. The maximum atomic E-state index is 13.6. The Morgan fingerprint density at radius 2 is 1.63 bits per heavy atom. The van der Waals surface area contributed by atoms with Crippen LogP contribution in [0.3, 0.4) is 0 Å². The lowest BCUT2D eigenvalue weighted by atomic mass is 9.95. The van der Waals surface area contributed by atoms with Crippen LogP contribution in [0.25, 0.3) is 0 Å². The van der Waals surface area contributed by atoms with Gasteiger partial charge in [-0.25, -0.2) is 8.78 Å². The molecule has 30 heavy (non-hydrogen) atoms. The van der Waals surface area contributed by atoms with Gasteiger partial charge in [0, 0.05) is 25.4 Å².